The van der Waals surface area contributed by atoms with Gasteiger partial charge in [-0.1, -0.05) is 26.0 Å². The largest absolute Gasteiger partial charge is 0.371 e. The number of anilines is 1. The molecule has 0 saturated carbocycles. The minimum absolute atomic E-state index is 0.139. The van der Waals surface area contributed by atoms with Crippen LogP contribution in [0, 0.1) is 0 Å². The minimum Gasteiger partial charge on any atom is -0.371 e. The normalized spacial score (nSPS) is 15.8. The molecule has 2 rings (SSSR count). The Morgan fingerprint density at radius 1 is 1.26 bits per heavy atom. The molecule has 0 aliphatic carbocycles. The zero-order valence-electron chi connectivity index (χ0n) is 14.8. The van der Waals surface area contributed by atoms with E-state index in [1.165, 1.54) is 16.8 Å². The molecule has 1 heterocycles. The van der Waals surface area contributed by atoms with Crippen LogP contribution >= 0.6 is 0 Å². The zero-order chi connectivity index (χ0) is 16.8. The van der Waals surface area contributed by atoms with Gasteiger partial charge >= 0.3 is 6.03 Å². The third-order valence-corrected chi connectivity index (χ3v) is 4.68. The van der Waals surface area contributed by atoms with E-state index in [0.29, 0.717) is 18.5 Å². The summed E-state index contributed by atoms with van der Waals surface area (Å²) in [4.78, 5) is 14.0. The van der Waals surface area contributed by atoms with Gasteiger partial charge in [0.2, 0.25) is 0 Å². The summed E-state index contributed by atoms with van der Waals surface area (Å²) in [6, 6.07) is 7.15. The van der Waals surface area contributed by atoms with E-state index in [1.54, 1.807) is 7.05 Å². The number of hydrogen-bond donors (Lipinski definition) is 3. The van der Waals surface area contributed by atoms with Gasteiger partial charge in [-0.3, -0.25) is 0 Å². The van der Waals surface area contributed by atoms with Crippen molar-refractivity contribution in [2.24, 2.45) is 0 Å². The molecule has 128 valence electrons. The highest BCUT2D eigenvalue weighted by molar-refractivity contribution is 5.73. The maximum Gasteiger partial charge on any atom is 0.314 e. The van der Waals surface area contributed by atoms with Gasteiger partial charge in [-0.2, -0.15) is 0 Å². The first-order valence-electron chi connectivity index (χ1n) is 8.55. The fourth-order valence-corrected chi connectivity index (χ4v) is 3.09. The first-order valence-corrected chi connectivity index (χ1v) is 8.55. The lowest BCUT2D eigenvalue weighted by molar-refractivity contribution is 0.242. The SMILES string of the molecule is CNC(=O)NCc1cc(C(C)C)ccc1N1CCC(NC)CC1. The van der Waals surface area contributed by atoms with E-state index < -0.39 is 0 Å². The van der Waals surface area contributed by atoms with Crippen molar-refractivity contribution in [3.05, 3.63) is 29.3 Å². The second kappa shape index (κ2) is 8.20. The molecule has 1 saturated heterocycles. The van der Waals surface area contributed by atoms with Crippen molar-refractivity contribution in [2.45, 2.75) is 45.2 Å². The lowest BCUT2D eigenvalue weighted by Crippen LogP contribution is -2.42. The van der Waals surface area contributed by atoms with Crippen molar-refractivity contribution >= 4 is 11.7 Å². The number of nitrogens with zero attached hydrogens (tertiary/aromatic N) is 1. The topological polar surface area (TPSA) is 56.4 Å². The van der Waals surface area contributed by atoms with Gasteiger partial charge in [0, 0.05) is 38.4 Å². The van der Waals surface area contributed by atoms with Gasteiger partial charge < -0.3 is 20.9 Å². The predicted molar refractivity (Wildman–Crippen MR) is 96.1 cm³/mol. The zero-order valence-corrected chi connectivity index (χ0v) is 14.8. The third-order valence-electron chi connectivity index (χ3n) is 4.68. The molecule has 0 aromatic heterocycles. The van der Waals surface area contributed by atoms with Crippen LogP contribution in [-0.2, 0) is 6.54 Å². The van der Waals surface area contributed by atoms with Crippen molar-refractivity contribution in [1.82, 2.24) is 16.0 Å². The second-order valence-electron chi connectivity index (χ2n) is 6.53. The average molecular weight is 318 g/mol. The quantitative estimate of drug-likeness (QED) is 0.781. The van der Waals surface area contributed by atoms with Gasteiger partial charge in [0.25, 0.3) is 0 Å². The first kappa shape index (κ1) is 17.6. The van der Waals surface area contributed by atoms with Crippen LogP contribution in [0.2, 0.25) is 0 Å². The number of nitrogens with one attached hydrogen (secondary N) is 3. The average Bonchev–Trinajstić information content (AvgIpc) is 2.59. The van der Waals surface area contributed by atoms with Crippen LogP contribution in [0.15, 0.2) is 18.2 Å². The van der Waals surface area contributed by atoms with E-state index >= 15 is 0 Å². The molecule has 2 amide bonds. The van der Waals surface area contributed by atoms with E-state index in [0.717, 1.165) is 25.9 Å². The van der Waals surface area contributed by atoms with Crippen molar-refractivity contribution in [1.29, 1.82) is 0 Å². The molecule has 0 atom stereocenters. The number of amides is 2. The molecule has 5 nitrogen and oxygen atoms in total. The third kappa shape index (κ3) is 4.61. The van der Waals surface area contributed by atoms with Crippen LogP contribution in [-0.4, -0.2) is 39.3 Å². The van der Waals surface area contributed by atoms with Crippen LogP contribution in [0.4, 0.5) is 10.5 Å². The van der Waals surface area contributed by atoms with Crippen LogP contribution < -0.4 is 20.9 Å². The highest BCUT2D eigenvalue weighted by atomic mass is 16.2. The number of benzene rings is 1. The van der Waals surface area contributed by atoms with Crippen LogP contribution in [0.1, 0.15) is 43.7 Å². The molecule has 0 radical (unpaired) electrons. The van der Waals surface area contributed by atoms with Gasteiger partial charge in [-0.05, 0) is 43.0 Å². The molecule has 1 aromatic carbocycles. The van der Waals surface area contributed by atoms with E-state index in [-0.39, 0.29) is 6.03 Å². The number of carbonyl (C=O) groups is 1. The maximum atomic E-state index is 11.5. The van der Waals surface area contributed by atoms with Crippen LogP contribution in [0.25, 0.3) is 0 Å². The van der Waals surface area contributed by atoms with Gasteiger partial charge in [0.05, 0.1) is 0 Å². The molecule has 3 N–H and O–H groups in total. The molecule has 1 aliphatic heterocycles. The van der Waals surface area contributed by atoms with E-state index in [1.807, 2.05) is 7.05 Å². The highest BCUT2D eigenvalue weighted by Crippen LogP contribution is 2.28. The summed E-state index contributed by atoms with van der Waals surface area (Å²) in [6.45, 7) is 7.06. The summed E-state index contributed by atoms with van der Waals surface area (Å²) in [5, 5.41) is 8.91. The van der Waals surface area contributed by atoms with E-state index in [4.69, 9.17) is 0 Å². The first-order chi connectivity index (χ1) is 11.0. The molecular formula is C18H30N4O. The molecule has 0 bridgehead atoms. The highest BCUT2D eigenvalue weighted by Gasteiger charge is 2.20. The maximum absolute atomic E-state index is 11.5. The van der Waals surface area contributed by atoms with E-state index in [2.05, 4.69) is 52.9 Å². The molecule has 1 fully saturated rings. The summed E-state index contributed by atoms with van der Waals surface area (Å²) >= 11 is 0. The smallest absolute Gasteiger partial charge is 0.314 e. The minimum atomic E-state index is -0.139. The Hall–Kier alpha value is -1.75. The van der Waals surface area contributed by atoms with E-state index in [9.17, 15) is 4.79 Å². The Balaban J connectivity index is 2.18. The molecule has 1 aromatic rings. The number of rotatable bonds is 5. The van der Waals surface area contributed by atoms with Crippen molar-refractivity contribution in [2.75, 3.05) is 32.1 Å². The number of urea groups is 1. The second-order valence-corrected chi connectivity index (χ2v) is 6.53. The fourth-order valence-electron chi connectivity index (χ4n) is 3.09. The monoisotopic (exact) mass is 318 g/mol. The summed E-state index contributed by atoms with van der Waals surface area (Å²) < 4.78 is 0. The molecular weight excluding hydrogens is 288 g/mol. The summed E-state index contributed by atoms with van der Waals surface area (Å²) in [6.07, 6.45) is 2.31. The lowest BCUT2D eigenvalue weighted by Gasteiger charge is -2.35. The molecule has 5 heteroatoms. The van der Waals surface area contributed by atoms with Crippen LogP contribution in [0.5, 0.6) is 0 Å². The predicted octanol–water partition coefficient (Wildman–Crippen LogP) is 2.43. The Bertz CT molecular complexity index is 522. The number of carbonyl (C=O) groups excluding carboxylic acids is 1. The van der Waals surface area contributed by atoms with Gasteiger partial charge in [0.1, 0.15) is 0 Å². The van der Waals surface area contributed by atoms with Crippen molar-refractivity contribution < 1.29 is 4.79 Å². The Morgan fingerprint density at radius 3 is 2.52 bits per heavy atom. The Labute approximate surface area is 139 Å². The summed E-state index contributed by atoms with van der Waals surface area (Å²) in [5.74, 6) is 0.484. The molecule has 1 aliphatic rings. The van der Waals surface area contributed by atoms with Crippen molar-refractivity contribution in [3.63, 3.8) is 0 Å². The number of piperidine rings is 1. The standard InChI is InChI=1S/C18H30N4O/c1-13(2)14-5-6-17(15(11-14)12-21-18(23)20-4)22-9-7-16(19-3)8-10-22/h5-6,11,13,16,19H,7-10,12H2,1-4H3,(H2,20,21,23). The number of hydrogen-bond acceptors (Lipinski definition) is 3. The molecule has 0 spiro atoms. The van der Waals surface area contributed by atoms with Gasteiger partial charge in [-0.15, -0.1) is 0 Å². The van der Waals surface area contributed by atoms with Crippen molar-refractivity contribution in [3.8, 4) is 0 Å². The molecule has 23 heavy (non-hydrogen) atoms. The summed E-state index contributed by atoms with van der Waals surface area (Å²) in [5.41, 5.74) is 3.76. The lowest BCUT2D eigenvalue weighted by atomic mass is 9.97. The Morgan fingerprint density at radius 2 is 1.96 bits per heavy atom. The fraction of sp³-hybridized carbons (Fsp3) is 0.611. The summed E-state index contributed by atoms with van der Waals surface area (Å²) in [7, 11) is 3.68. The van der Waals surface area contributed by atoms with Gasteiger partial charge in [0.15, 0.2) is 0 Å². The van der Waals surface area contributed by atoms with Gasteiger partial charge in [-0.25, -0.2) is 4.79 Å². The molecule has 0 unspecified atom stereocenters. The Kier molecular flexibility index (Phi) is 6.28. The van der Waals surface area contributed by atoms with Crippen LogP contribution in [0.3, 0.4) is 0 Å².